The lowest BCUT2D eigenvalue weighted by molar-refractivity contribution is -0.143. The minimum Gasteiger partial charge on any atom is -0.267 e. The van der Waals surface area contributed by atoms with Crippen molar-refractivity contribution >= 4 is 5.91 Å². The number of halogens is 9. The van der Waals surface area contributed by atoms with Crippen LogP contribution >= 0.6 is 0 Å². The Bertz CT molecular complexity index is 462. The summed E-state index contributed by atoms with van der Waals surface area (Å²) in [4.78, 5) is 10.7. The molecular formula is C8F9NO. The van der Waals surface area contributed by atoms with Gasteiger partial charge in [0.1, 0.15) is 11.8 Å². The van der Waals surface area contributed by atoms with Crippen LogP contribution in [0.3, 0.4) is 0 Å². The van der Waals surface area contributed by atoms with E-state index in [0.717, 1.165) is 0 Å². The Morgan fingerprint density at radius 3 is 1.47 bits per heavy atom. The van der Waals surface area contributed by atoms with Crippen molar-refractivity contribution in [2.75, 3.05) is 0 Å². The van der Waals surface area contributed by atoms with Crippen LogP contribution in [0.4, 0.5) is 39.5 Å². The fraction of sp³-hybridized carbons (Fsp3) is 0.375. The Balaban J connectivity index is 3.65. The molecule has 0 aliphatic carbocycles. The van der Waals surface area contributed by atoms with Crippen molar-refractivity contribution in [2.45, 2.75) is 18.5 Å². The predicted octanol–water partition coefficient (Wildman–Crippen LogP) is 2.80. The Morgan fingerprint density at radius 1 is 0.737 bits per heavy atom. The quantitative estimate of drug-likeness (QED) is 0.633. The van der Waals surface area contributed by atoms with Crippen molar-refractivity contribution in [1.29, 1.82) is 0 Å². The molecule has 1 aliphatic rings. The molecule has 1 amide bonds. The van der Waals surface area contributed by atoms with E-state index in [-0.39, 0.29) is 0 Å². The molecule has 0 saturated carbocycles. The van der Waals surface area contributed by atoms with Gasteiger partial charge in [0.15, 0.2) is 0 Å². The predicted molar refractivity (Wildman–Crippen MR) is 39.1 cm³/mol. The molecule has 2 nitrogen and oxygen atoms in total. The monoisotopic (exact) mass is 297 g/mol. The lowest BCUT2D eigenvalue weighted by Crippen LogP contribution is -2.38. The van der Waals surface area contributed by atoms with Crippen molar-refractivity contribution in [2.24, 2.45) is 0 Å². The molecule has 106 valence electrons. The molecular weight excluding hydrogens is 297 g/mol. The second-order valence-corrected chi connectivity index (χ2v) is 3.15. The molecule has 19 heavy (non-hydrogen) atoms. The molecule has 0 fully saturated rings. The van der Waals surface area contributed by atoms with Gasteiger partial charge in [-0.05, 0) is 0 Å². The number of allylic oxidation sites excluding steroid dienone is 2. The first-order valence-corrected chi connectivity index (χ1v) is 4.10. The average molecular weight is 297 g/mol. The second kappa shape index (κ2) is 4.17. The lowest BCUT2D eigenvalue weighted by Gasteiger charge is -2.24. The highest BCUT2D eigenvalue weighted by molar-refractivity contribution is 5.98. The maximum Gasteiger partial charge on any atom is 0.422 e. The molecule has 0 saturated heterocycles. The van der Waals surface area contributed by atoms with Gasteiger partial charge < -0.3 is 0 Å². The van der Waals surface area contributed by atoms with E-state index in [2.05, 4.69) is 5.32 Å². The standard InChI is InChI=1S/C8F9NO/c9-6(10,11)2-1-18-5(19)4(8(15,16)17)3(2)7(12,13)14. The van der Waals surface area contributed by atoms with Gasteiger partial charge in [-0.1, -0.05) is 0 Å². The molecule has 11 heteroatoms. The van der Waals surface area contributed by atoms with Gasteiger partial charge in [0.05, 0.1) is 11.1 Å². The van der Waals surface area contributed by atoms with E-state index < -0.39 is 41.2 Å². The smallest absolute Gasteiger partial charge is 0.267 e. The summed E-state index contributed by atoms with van der Waals surface area (Å²) in [5.41, 5.74) is -8.93. The molecule has 0 aromatic heterocycles. The van der Waals surface area contributed by atoms with Crippen LogP contribution in [0.1, 0.15) is 0 Å². The lowest BCUT2D eigenvalue weighted by atomic mass is 9.95. The highest BCUT2D eigenvalue weighted by atomic mass is 19.4. The fourth-order valence-corrected chi connectivity index (χ4v) is 1.20. The van der Waals surface area contributed by atoms with E-state index in [1.165, 1.54) is 0 Å². The summed E-state index contributed by atoms with van der Waals surface area (Å²) in [6.45, 7) is 0. The van der Waals surface area contributed by atoms with E-state index in [9.17, 15) is 44.3 Å². The molecule has 0 spiro atoms. The molecule has 0 bridgehead atoms. The van der Waals surface area contributed by atoms with Crippen molar-refractivity contribution < 1.29 is 44.3 Å². The van der Waals surface area contributed by atoms with Gasteiger partial charge in [0, 0.05) is 0 Å². The first-order chi connectivity index (χ1) is 8.26. The van der Waals surface area contributed by atoms with Gasteiger partial charge in [-0.2, -0.15) is 39.5 Å². The Morgan fingerprint density at radius 2 is 1.16 bits per heavy atom. The first-order valence-electron chi connectivity index (χ1n) is 4.10. The number of nitrogens with zero attached hydrogens (tertiary/aromatic N) is 1. The Hall–Kier alpha value is -1.68. The zero-order valence-electron chi connectivity index (χ0n) is 8.26. The maximum atomic E-state index is 12.4. The van der Waals surface area contributed by atoms with Crippen LogP contribution in [0.2, 0.25) is 0 Å². The van der Waals surface area contributed by atoms with Crippen molar-refractivity contribution in [3.8, 4) is 0 Å². The van der Waals surface area contributed by atoms with Gasteiger partial charge in [0.2, 0.25) is 0 Å². The van der Waals surface area contributed by atoms with Gasteiger partial charge in [-0.25, -0.2) is 5.32 Å². The molecule has 0 N–H and O–H groups in total. The van der Waals surface area contributed by atoms with E-state index in [1.54, 1.807) is 0 Å². The van der Waals surface area contributed by atoms with E-state index in [0.29, 0.717) is 6.20 Å². The maximum absolute atomic E-state index is 12.4. The summed E-state index contributed by atoms with van der Waals surface area (Å²) in [5, 5.41) is 2.07. The number of rotatable bonds is 0. The first kappa shape index (κ1) is 15.4. The van der Waals surface area contributed by atoms with E-state index in [4.69, 9.17) is 0 Å². The molecule has 0 aromatic rings. The number of hydrogen-bond acceptors (Lipinski definition) is 1. The van der Waals surface area contributed by atoms with Crippen LogP contribution in [-0.4, -0.2) is 24.4 Å². The highest BCUT2D eigenvalue weighted by Crippen LogP contribution is 2.46. The third-order valence-electron chi connectivity index (χ3n) is 1.83. The third-order valence-corrected chi connectivity index (χ3v) is 1.83. The van der Waals surface area contributed by atoms with Gasteiger partial charge in [-0.15, -0.1) is 0 Å². The summed E-state index contributed by atoms with van der Waals surface area (Å²) in [6, 6.07) is 0. The van der Waals surface area contributed by atoms with Crippen LogP contribution in [0.15, 0.2) is 16.7 Å². The largest absolute Gasteiger partial charge is 0.422 e. The summed E-state index contributed by atoms with van der Waals surface area (Å²) in [6.07, 6.45) is -17.1. The van der Waals surface area contributed by atoms with Gasteiger partial charge >= 0.3 is 18.5 Å². The van der Waals surface area contributed by atoms with Crippen LogP contribution in [0, 0.1) is 6.20 Å². The second-order valence-electron chi connectivity index (χ2n) is 3.15. The Kier molecular flexibility index (Phi) is 3.37. The summed E-state index contributed by atoms with van der Waals surface area (Å²) >= 11 is 0. The fourth-order valence-electron chi connectivity index (χ4n) is 1.20. The number of carbonyl (C=O) groups is 1. The normalized spacial score (nSPS) is 18.4. The molecule has 1 heterocycles. The van der Waals surface area contributed by atoms with E-state index >= 15 is 0 Å². The van der Waals surface area contributed by atoms with Crippen LogP contribution < -0.4 is 5.32 Å². The highest BCUT2D eigenvalue weighted by Gasteiger charge is 2.57. The minimum atomic E-state index is -6.03. The summed E-state index contributed by atoms with van der Waals surface area (Å²) in [5.74, 6) is -2.48. The van der Waals surface area contributed by atoms with Gasteiger partial charge in [0.25, 0.3) is 5.91 Å². The van der Waals surface area contributed by atoms with E-state index in [1.807, 2.05) is 0 Å². The van der Waals surface area contributed by atoms with Gasteiger partial charge in [-0.3, -0.25) is 4.79 Å². The molecule has 0 aromatic carbocycles. The van der Waals surface area contributed by atoms with Crippen molar-refractivity contribution in [3.05, 3.63) is 22.9 Å². The number of amides is 1. The number of carbonyl (C=O) groups excluding carboxylic acids is 1. The number of hydrogen-bond donors (Lipinski definition) is 0. The molecule has 1 rings (SSSR count). The van der Waals surface area contributed by atoms with Crippen molar-refractivity contribution in [3.63, 3.8) is 0 Å². The zero-order valence-corrected chi connectivity index (χ0v) is 8.26. The topological polar surface area (TPSA) is 31.2 Å². The zero-order chi connectivity index (χ0) is 15.2. The summed E-state index contributed by atoms with van der Waals surface area (Å²) in [7, 11) is 0. The molecule has 2 radical (unpaired) electrons. The van der Waals surface area contributed by atoms with Crippen molar-refractivity contribution in [1.82, 2.24) is 5.32 Å². The molecule has 1 aliphatic heterocycles. The Labute approximate surface area is 98.1 Å². The average Bonchev–Trinajstić information content (AvgIpc) is 2.11. The molecule has 0 atom stereocenters. The SMILES string of the molecule is O=C1[N][C]=C(C(F)(F)F)C(C(F)(F)F)=C1C(F)(F)F. The number of alkyl halides is 9. The third kappa shape index (κ3) is 3.01. The van der Waals surface area contributed by atoms with Crippen LogP contribution in [0.5, 0.6) is 0 Å². The molecule has 0 unspecified atom stereocenters. The summed E-state index contributed by atoms with van der Waals surface area (Å²) < 4.78 is 111. The van der Waals surface area contributed by atoms with Crippen LogP contribution in [-0.2, 0) is 4.79 Å². The van der Waals surface area contributed by atoms with Crippen LogP contribution in [0.25, 0.3) is 0 Å². The minimum absolute atomic E-state index is 0.657.